The molecule has 0 spiro atoms. The number of carbonyl (C=O) groups excluding carboxylic acids is 1. The molecule has 6 N–H and O–H groups in total. The van der Waals surface area contributed by atoms with E-state index in [4.69, 9.17) is 11.5 Å². The van der Waals surface area contributed by atoms with Crippen LogP contribution in [-0.4, -0.2) is 25.3 Å². The van der Waals surface area contributed by atoms with Gasteiger partial charge in [0.25, 0.3) is 0 Å². The normalized spacial score (nSPS) is 12.7. The summed E-state index contributed by atoms with van der Waals surface area (Å²) in [5.74, 6) is 0. The topological polar surface area (TPSA) is 104 Å². The zero-order valence-electron chi connectivity index (χ0n) is 5.04. The van der Waals surface area contributed by atoms with E-state index in [-0.39, 0.29) is 19.2 Å². The van der Waals surface area contributed by atoms with Crippen molar-refractivity contribution in [2.75, 3.05) is 13.2 Å². The third kappa shape index (κ3) is 5.05. The van der Waals surface area contributed by atoms with E-state index in [0.717, 1.165) is 0 Å². The van der Waals surface area contributed by atoms with Gasteiger partial charge in [-0.15, -0.1) is 0 Å². The molecule has 1 atom stereocenters. The van der Waals surface area contributed by atoms with Gasteiger partial charge in [0.05, 0.1) is 6.04 Å². The van der Waals surface area contributed by atoms with Gasteiger partial charge in [0.2, 0.25) is 0 Å². The molecule has 0 aliphatic rings. The minimum atomic E-state index is -0.820. The molecule has 1 amide bonds. The van der Waals surface area contributed by atoms with Crippen molar-refractivity contribution in [3.63, 3.8) is 0 Å². The zero-order valence-corrected chi connectivity index (χ0v) is 5.04. The molecular weight excluding hydrogens is 122 g/mol. The first kappa shape index (κ1) is 8.19. The van der Waals surface area contributed by atoms with E-state index in [9.17, 15) is 4.79 Å². The Morgan fingerprint density at radius 1 is 1.67 bits per heavy atom. The number of ether oxygens (including phenoxy) is 1. The van der Waals surface area contributed by atoms with E-state index in [1.807, 2.05) is 0 Å². The Morgan fingerprint density at radius 3 is 2.56 bits per heavy atom. The van der Waals surface area contributed by atoms with Crippen LogP contribution in [0.15, 0.2) is 0 Å². The summed E-state index contributed by atoms with van der Waals surface area (Å²) in [6.45, 7) is 0.374. The van der Waals surface area contributed by atoms with Crippen LogP contribution >= 0.6 is 0 Å². The number of hydrogen-bond acceptors (Lipinski definition) is 4. The number of rotatable bonds is 3. The Balaban J connectivity index is 3.16. The fraction of sp³-hybridized carbons (Fsp3) is 0.750. The number of nitrogens with two attached hydrogens (primary N) is 3. The first-order valence-corrected chi connectivity index (χ1v) is 2.54. The maximum Gasteiger partial charge on any atom is 0.404 e. The molecule has 5 nitrogen and oxygen atoms in total. The quantitative estimate of drug-likeness (QED) is 0.429. The maximum atomic E-state index is 9.92. The van der Waals surface area contributed by atoms with Gasteiger partial charge in [0, 0.05) is 6.54 Å². The summed E-state index contributed by atoms with van der Waals surface area (Å²) in [5.41, 5.74) is 15.0. The molecule has 0 saturated heterocycles. The van der Waals surface area contributed by atoms with E-state index < -0.39 is 6.09 Å². The highest BCUT2D eigenvalue weighted by molar-refractivity contribution is 5.64. The van der Waals surface area contributed by atoms with Crippen molar-refractivity contribution in [3.8, 4) is 0 Å². The van der Waals surface area contributed by atoms with Crippen molar-refractivity contribution in [1.82, 2.24) is 0 Å². The van der Waals surface area contributed by atoms with Crippen LogP contribution in [0.2, 0.25) is 0 Å². The second-order valence-corrected chi connectivity index (χ2v) is 1.63. The minimum absolute atomic E-state index is 0.0891. The van der Waals surface area contributed by atoms with Crippen molar-refractivity contribution < 1.29 is 9.53 Å². The second-order valence-electron chi connectivity index (χ2n) is 1.63. The summed E-state index contributed by atoms with van der Waals surface area (Å²) in [4.78, 5) is 9.92. The summed E-state index contributed by atoms with van der Waals surface area (Å²) >= 11 is 0. The van der Waals surface area contributed by atoms with E-state index in [2.05, 4.69) is 10.5 Å². The molecule has 0 aromatic heterocycles. The van der Waals surface area contributed by atoms with Crippen LogP contribution in [0.4, 0.5) is 4.79 Å². The predicted octanol–water partition coefficient (Wildman–Crippen LogP) is -1.63. The van der Waals surface area contributed by atoms with Gasteiger partial charge in [0.1, 0.15) is 6.61 Å². The number of carbonyl (C=O) groups is 1. The lowest BCUT2D eigenvalue weighted by Crippen LogP contribution is -2.35. The second kappa shape index (κ2) is 4.11. The van der Waals surface area contributed by atoms with Gasteiger partial charge in [-0.2, -0.15) is 0 Å². The van der Waals surface area contributed by atoms with Gasteiger partial charge in [-0.25, -0.2) is 4.79 Å². The van der Waals surface area contributed by atoms with Gasteiger partial charge in [-0.05, 0) is 0 Å². The van der Waals surface area contributed by atoms with Gasteiger partial charge in [-0.1, -0.05) is 0 Å². The Kier molecular flexibility index (Phi) is 3.74. The number of hydrogen-bond donors (Lipinski definition) is 3. The van der Waals surface area contributed by atoms with E-state index >= 15 is 0 Å². The molecule has 0 heterocycles. The molecule has 0 fully saturated rings. The maximum absolute atomic E-state index is 9.92. The molecular formula is C4H11N3O2. The van der Waals surface area contributed by atoms with Crippen molar-refractivity contribution in [2.24, 2.45) is 17.2 Å². The summed E-state index contributed by atoms with van der Waals surface area (Å²) in [5, 5.41) is 0. The zero-order chi connectivity index (χ0) is 7.28. The monoisotopic (exact) mass is 133 g/mol. The molecule has 0 aromatic rings. The Bertz CT molecular complexity index is 95.8. The lowest BCUT2D eigenvalue weighted by Gasteiger charge is -2.06. The lowest BCUT2D eigenvalue weighted by molar-refractivity contribution is 0.150. The molecule has 0 aliphatic carbocycles. The van der Waals surface area contributed by atoms with E-state index in [1.165, 1.54) is 0 Å². The molecule has 0 saturated carbocycles. The lowest BCUT2D eigenvalue weighted by atomic mass is 10.3. The number of primary amides is 1. The van der Waals surface area contributed by atoms with Crippen molar-refractivity contribution in [3.05, 3.63) is 0 Å². The molecule has 0 radical (unpaired) electrons. The molecule has 0 bridgehead atoms. The number of amides is 1. The van der Waals surface area contributed by atoms with Crippen molar-refractivity contribution in [1.29, 1.82) is 0 Å². The highest BCUT2D eigenvalue weighted by Crippen LogP contribution is 1.77. The third-order valence-corrected chi connectivity index (χ3v) is 0.742. The fourth-order valence-electron chi connectivity index (χ4n) is 0.257. The van der Waals surface area contributed by atoms with Crippen molar-refractivity contribution >= 4 is 6.09 Å². The van der Waals surface area contributed by atoms with Gasteiger partial charge in [-0.3, -0.25) is 0 Å². The third-order valence-electron chi connectivity index (χ3n) is 0.742. The first-order chi connectivity index (χ1) is 4.16. The largest absolute Gasteiger partial charge is 0.448 e. The van der Waals surface area contributed by atoms with Crippen LogP contribution < -0.4 is 17.2 Å². The van der Waals surface area contributed by atoms with Crippen LogP contribution in [-0.2, 0) is 4.74 Å². The molecule has 1 unspecified atom stereocenters. The van der Waals surface area contributed by atoms with Gasteiger partial charge in [0.15, 0.2) is 0 Å². The van der Waals surface area contributed by atoms with Crippen LogP contribution in [0, 0.1) is 0 Å². The summed E-state index contributed by atoms with van der Waals surface area (Å²) in [6.07, 6.45) is -0.820. The van der Waals surface area contributed by atoms with Gasteiger partial charge >= 0.3 is 6.09 Å². The fourth-order valence-corrected chi connectivity index (χ4v) is 0.257. The Hall–Kier alpha value is -0.810. The van der Waals surface area contributed by atoms with E-state index in [1.54, 1.807) is 0 Å². The van der Waals surface area contributed by atoms with Crippen LogP contribution in [0.3, 0.4) is 0 Å². The molecule has 0 aromatic carbocycles. The van der Waals surface area contributed by atoms with Crippen LogP contribution in [0.25, 0.3) is 0 Å². The Labute approximate surface area is 53.1 Å². The average molecular weight is 133 g/mol. The van der Waals surface area contributed by atoms with Gasteiger partial charge < -0.3 is 21.9 Å². The summed E-state index contributed by atoms with van der Waals surface area (Å²) < 4.78 is 4.33. The summed E-state index contributed by atoms with van der Waals surface area (Å²) in [6, 6.07) is -0.308. The molecule has 9 heavy (non-hydrogen) atoms. The molecule has 54 valence electrons. The summed E-state index contributed by atoms with van der Waals surface area (Å²) in [7, 11) is 0. The standard InChI is InChI=1S/C4H11N3O2/c5-1-3(6)2-9-4(7)8/h3H,1-2,5-6H2,(H2,7,8). The predicted molar refractivity (Wildman–Crippen MR) is 32.6 cm³/mol. The smallest absolute Gasteiger partial charge is 0.404 e. The SMILES string of the molecule is NCC(N)COC(N)=O. The van der Waals surface area contributed by atoms with Crippen LogP contribution in [0.5, 0.6) is 0 Å². The Morgan fingerprint density at radius 2 is 2.22 bits per heavy atom. The first-order valence-electron chi connectivity index (χ1n) is 2.54. The van der Waals surface area contributed by atoms with Crippen LogP contribution in [0.1, 0.15) is 0 Å². The molecule has 5 heteroatoms. The molecule has 0 rings (SSSR count). The minimum Gasteiger partial charge on any atom is -0.448 e. The highest BCUT2D eigenvalue weighted by atomic mass is 16.5. The average Bonchev–Trinajstić information content (AvgIpc) is 1.83. The molecule has 0 aliphatic heterocycles. The highest BCUT2D eigenvalue weighted by Gasteiger charge is 2.00. The van der Waals surface area contributed by atoms with E-state index in [0.29, 0.717) is 0 Å². The van der Waals surface area contributed by atoms with Crippen molar-refractivity contribution in [2.45, 2.75) is 6.04 Å².